The van der Waals surface area contributed by atoms with Crippen molar-refractivity contribution in [1.29, 1.82) is 0 Å². The van der Waals surface area contributed by atoms with Crippen molar-refractivity contribution in [2.24, 2.45) is 5.14 Å². The summed E-state index contributed by atoms with van der Waals surface area (Å²) in [5.74, 6) is -3.53. The molecule has 3 aromatic rings. The minimum Gasteiger partial charge on any atom is -0.491 e. The zero-order valence-electron chi connectivity index (χ0n) is 18.0. The number of para-hydroxylation sites is 1. The lowest BCUT2D eigenvalue weighted by Gasteiger charge is -2.27. The number of anilines is 2. The second kappa shape index (κ2) is 10.2. The quantitative estimate of drug-likeness (QED) is 0.481. The molecule has 0 saturated carbocycles. The summed E-state index contributed by atoms with van der Waals surface area (Å²) in [6.45, 7) is 0.105. The molecule has 1 aliphatic heterocycles. The van der Waals surface area contributed by atoms with Crippen molar-refractivity contribution in [3.05, 3.63) is 72.2 Å². The van der Waals surface area contributed by atoms with Crippen LogP contribution in [0.25, 0.3) is 0 Å². The summed E-state index contributed by atoms with van der Waals surface area (Å²) in [6.07, 6.45) is 1.05. The SMILES string of the molecule is COc1c(N2CC(Oc3ccccc3F)CC2C(=O)Nc2ccnc(SN)c2)ccc(F)c1F. The van der Waals surface area contributed by atoms with Crippen LogP contribution in [0, 0.1) is 17.5 Å². The number of halogens is 3. The number of nitrogens with zero attached hydrogens (tertiary/aromatic N) is 2. The molecule has 2 unspecified atom stereocenters. The van der Waals surface area contributed by atoms with Gasteiger partial charge in [-0.2, -0.15) is 4.39 Å². The third-order valence-corrected chi connectivity index (χ3v) is 5.83. The van der Waals surface area contributed by atoms with E-state index < -0.39 is 35.5 Å². The molecule has 34 heavy (non-hydrogen) atoms. The molecule has 2 aromatic carbocycles. The minimum atomic E-state index is -1.17. The maximum absolute atomic E-state index is 14.4. The summed E-state index contributed by atoms with van der Waals surface area (Å²) in [7, 11) is 1.21. The van der Waals surface area contributed by atoms with Gasteiger partial charge in [0, 0.05) is 18.3 Å². The van der Waals surface area contributed by atoms with Crippen molar-refractivity contribution in [1.82, 2.24) is 4.98 Å². The first-order valence-corrected chi connectivity index (χ1v) is 11.1. The number of hydrogen-bond acceptors (Lipinski definition) is 7. The molecular formula is C23H21F3N4O3S. The average Bonchev–Trinajstić information content (AvgIpc) is 3.26. The molecule has 0 bridgehead atoms. The van der Waals surface area contributed by atoms with Gasteiger partial charge < -0.3 is 19.7 Å². The summed E-state index contributed by atoms with van der Waals surface area (Å²) in [4.78, 5) is 18.9. The van der Waals surface area contributed by atoms with E-state index in [9.17, 15) is 18.0 Å². The average molecular weight is 491 g/mol. The number of nitrogens with two attached hydrogens (primary N) is 1. The largest absolute Gasteiger partial charge is 0.491 e. The van der Waals surface area contributed by atoms with E-state index in [0.717, 1.165) is 18.0 Å². The Balaban J connectivity index is 1.65. The number of carbonyl (C=O) groups excluding carboxylic acids is 1. The predicted octanol–water partition coefficient (Wildman–Crippen LogP) is 4.14. The van der Waals surface area contributed by atoms with Crippen molar-refractivity contribution >= 4 is 29.2 Å². The van der Waals surface area contributed by atoms with Gasteiger partial charge in [-0.3, -0.25) is 9.93 Å². The van der Waals surface area contributed by atoms with Gasteiger partial charge in [0.15, 0.2) is 23.1 Å². The number of hydrogen-bond donors (Lipinski definition) is 2. The molecule has 11 heteroatoms. The van der Waals surface area contributed by atoms with Gasteiger partial charge in [-0.05, 0) is 48.3 Å². The number of pyridine rings is 1. The van der Waals surface area contributed by atoms with Crippen molar-refractivity contribution in [3.63, 3.8) is 0 Å². The predicted molar refractivity (Wildman–Crippen MR) is 122 cm³/mol. The molecular weight excluding hydrogens is 469 g/mol. The van der Waals surface area contributed by atoms with Crippen LogP contribution in [0.5, 0.6) is 11.5 Å². The first-order valence-electron chi connectivity index (χ1n) is 10.2. The highest BCUT2D eigenvalue weighted by Gasteiger charge is 2.40. The molecule has 1 aromatic heterocycles. The Hall–Kier alpha value is -3.44. The van der Waals surface area contributed by atoms with Gasteiger partial charge in [0.05, 0.1) is 19.3 Å². The first kappa shape index (κ1) is 23.7. The molecule has 1 saturated heterocycles. The first-order chi connectivity index (χ1) is 16.4. The Morgan fingerprint density at radius 3 is 2.71 bits per heavy atom. The molecule has 178 valence electrons. The molecule has 0 aliphatic carbocycles. The van der Waals surface area contributed by atoms with Gasteiger partial charge in [-0.15, -0.1) is 0 Å². The zero-order chi connectivity index (χ0) is 24.2. The van der Waals surface area contributed by atoms with Crippen LogP contribution >= 0.6 is 11.9 Å². The fourth-order valence-electron chi connectivity index (χ4n) is 3.84. The molecule has 4 rings (SSSR count). The molecule has 1 amide bonds. The molecule has 1 aliphatic rings. The highest BCUT2D eigenvalue weighted by Crippen LogP contribution is 2.38. The molecule has 7 nitrogen and oxygen atoms in total. The lowest BCUT2D eigenvalue weighted by molar-refractivity contribution is -0.117. The normalized spacial score (nSPS) is 17.5. The van der Waals surface area contributed by atoms with Crippen molar-refractivity contribution in [3.8, 4) is 11.5 Å². The lowest BCUT2D eigenvalue weighted by atomic mass is 10.1. The van der Waals surface area contributed by atoms with E-state index in [1.54, 1.807) is 23.1 Å². The van der Waals surface area contributed by atoms with Crippen molar-refractivity contribution < 1.29 is 27.4 Å². The molecule has 2 atom stereocenters. The molecule has 2 heterocycles. The van der Waals surface area contributed by atoms with Gasteiger partial charge in [0.2, 0.25) is 11.7 Å². The standard InChI is InChI=1S/C23H21F3N4O3S/c1-32-22-17(7-6-16(25)21(22)26)30-12-14(33-19-5-3-2-4-15(19)24)11-18(30)23(31)29-13-8-9-28-20(10-13)34-27/h2-10,14,18H,11-12,27H2,1H3,(H,28,29,31). The molecule has 0 radical (unpaired) electrons. The van der Waals surface area contributed by atoms with Gasteiger partial charge in [-0.1, -0.05) is 12.1 Å². The third kappa shape index (κ3) is 4.90. The Kier molecular flexibility index (Phi) is 7.13. The summed E-state index contributed by atoms with van der Waals surface area (Å²) < 4.78 is 53.3. The van der Waals surface area contributed by atoms with Crippen LogP contribution in [-0.2, 0) is 4.79 Å². The topological polar surface area (TPSA) is 89.7 Å². The van der Waals surface area contributed by atoms with Gasteiger partial charge in [0.25, 0.3) is 0 Å². The number of rotatable bonds is 7. The Morgan fingerprint density at radius 1 is 1.18 bits per heavy atom. The van der Waals surface area contributed by atoms with Crippen LogP contribution < -0.4 is 24.8 Å². The van der Waals surface area contributed by atoms with Crippen LogP contribution in [-0.4, -0.2) is 36.7 Å². The summed E-state index contributed by atoms with van der Waals surface area (Å²) in [5.41, 5.74) is 0.637. The van der Waals surface area contributed by atoms with E-state index in [4.69, 9.17) is 14.6 Å². The Morgan fingerprint density at radius 2 is 1.97 bits per heavy atom. The minimum absolute atomic E-state index is 0.0319. The summed E-state index contributed by atoms with van der Waals surface area (Å²) >= 11 is 0.929. The van der Waals surface area contributed by atoms with Crippen LogP contribution in [0.1, 0.15) is 6.42 Å². The monoisotopic (exact) mass is 490 g/mol. The number of nitrogens with one attached hydrogen (secondary N) is 1. The van der Waals surface area contributed by atoms with E-state index in [1.165, 1.54) is 37.6 Å². The van der Waals surface area contributed by atoms with Crippen LogP contribution in [0.3, 0.4) is 0 Å². The number of carbonyl (C=O) groups is 1. The Bertz CT molecular complexity index is 1200. The molecule has 3 N–H and O–H groups in total. The smallest absolute Gasteiger partial charge is 0.247 e. The van der Waals surface area contributed by atoms with E-state index >= 15 is 0 Å². The molecule has 1 fully saturated rings. The van der Waals surface area contributed by atoms with Gasteiger partial charge >= 0.3 is 0 Å². The van der Waals surface area contributed by atoms with E-state index in [1.807, 2.05) is 0 Å². The summed E-state index contributed by atoms with van der Waals surface area (Å²) in [5, 5.41) is 8.83. The maximum Gasteiger partial charge on any atom is 0.247 e. The molecule has 0 spiro atoms. The fraction of sp³-hybridized carbons (Fsp3) is 0.217. The number of ether oxygens (including phenoxy) is 2. The van der Waals surface area contributed by atoms with Crippen LogP contribution in [0.4, 0.5) is 24.5 Å². The van der Waals surface area contributed by atoms with Gasteiger partial charge in [-0.25, -0.2) is 13.8 Å². The number of aromatic nitrogens is 1. The van der Waals surface area contributed by atoms with Crippen molar-refractivity contribution in [2.45, 2.75) is 23.6 Å². The fourth-order valence-corrected chi connectivity index (χ4v) is 4.15. The second-order valence-electron chi connectivity index (χ2n) is 7.48. The summed E-state index contributed by atoms with van der Waals surface area (Å²) in [6, 6.07) is 10.6. The van der Waals surface area contributed by atoms with Crippen molar-refractivity contribution in [2.75, 3.05) is 23.9 Å². The van der Waals surface area contributed by atoms with E-state index in [0.29, 0.717) is 10.7 Å². The van der Waals surface area contributed by atoms with E-state index in [2.05, 4.69) is 10.3 Å². The van der Waals surface area contributed by atoms with Gasteiger partial charge in [0.1, 0.15) is 17.2 Å². The number of methoxy groups -OCH3 is 1. The highest BCUT2D eigenvalue weighted by molar-refractivity contribution is 7.97. The number of amides is 1. The third-order valence-electron chi connectivity index (χ3n) is 5.36. The maximum atomic E-state index is 14.4. The van der Waals surface area contributed by atoms with E-state index in [-0.39, 0.29) is 30.2 Å². The van der Waals surface area contributed by atoms with Crippen LogP contribution in [0.15, 0.2) is 59.8 Å². The Labute approximate surface area is 198 Å². The second-order valence-corrected chi connectivity index (χ2v) is 8.13. The zero-order valence-corrected chi connectivity index (χ0v) is 18.8. The lowest BCUT2D eigenvalue weighted by Crippen LogP contribution is -2.40. The highest BCUT2D eigenvalue weighted by atomic mass is 32.2. The number of benzene rings is 2. The van der Waals surface area contributed by atoms with Crippen LogP contribution in [0.2, 0.25) is 0 Å².